The maximum Gasteiger partial charge on any atom is 0.100 e. The third kappa shape index (κ3) is 3.38. The molecular formula is C14H11NS. The van der Waals surface area contributed by atoms with Crippen LogP contribution in [0.5, 0.6) is 0 Å². The smallest absolute Gasteiger partial charge is 0.100 e. The van der Waals surface area contributed by atoms with Gasteiger partial charge in [-0.2, -0.15) is 0 Å². The maximum absolute atomic E-state index is 4.25. The summed E-state index contributed by atoms with van der Waals surface area (Å²) in [5.74, 6) is 6.09. The monoisotopic (exact) mass is 225 g/mol. The molecule has 0 saturated carbocycles. The van der Waals surface area contributed by atoms with Crippen molar-refractivity contribution in [3.63, 3.8) is 0 Å². The van der Waals surface area contributed by atoms with Gasteiger partial charge in [0.05, 0.1) is 4.88 Å². The van der Waals surface area contributed by atoms with Gasteiger partial charge >= 0.3 is 0 Å². The van der Waals surface area contributed by atoms with Crippen molar-refractivity contribution in [1.82, 2.24) is 0 Å². The van der Waals surface area contributed by atoms with Crippen molar-refractivity contribution in [2.45, 2.75) is 0 Å². The zero-order valence-electron chi connectivity index (χ0n) is 8.76. The van der Waals surface area contributed by atoms with Crippen molar-refractivity contribution in [3.8, 4) is 11.8 Å². The van der Waals surface area contributed by atoms with E-state index in [0.29, 0.717) is 6.54 Å². The number of hydrogen-bond donors (Lipinski definition) is 0. The molecule has 1 nitrogen and oxygen atoms in total. The molecule has 0 unspecified atom stereocenters. The Kier molecular flexibility index (Phi) is 3.93. The van der Waals surface area contributed by atoms with Crippen LogP contribution in [0, 0.1) is 11.8 Å². The molecule has 2 heteroatoms. The molecule has 0 atom stereocenters. The van der Waals surface area contributed by atoms with Crippen LogP contribution in [0.25, 0.3) is 0 Å². The summed E-state index contributed by atoms with van der Waals surface area (Å²) in [6.45, 7) is 0.548. The number of hydrogen-bond acceptors (Lipinski definition) is 2. The summed E-state index contributed by atoms with van der Waals surface area (Å²) in [5.41, 5.74) is 1.11. The molecule has 0 fully saturated rings. The van der Waals surface area contributed by atoms with Crippen LogP contribution < -0.4 is 0 Å². The van der Waals surface area contributed by atoms with Crippen LogP contribution in [-0.2, 0) is 0 Å². The van der Waals surface area contributed by atoms with E-state index >= 15 is 0 Å². The van der Waals surface area contributed by atoms with Crippen LogP contribution in [0.15, 0.2) is 52.8 Å². The van der Waals surface area contributed by atoms with Gasteiger partial charge in [-0.3, -0.25) is 4.99 Å². The lowest BCUT2D eigenvalue weighted by Gasteiger charge is -1.88. The van der Waals surface area contributed by atoms with E-state index in [2.05, 4.69) is 16.8 Å². The van der Waals surface area contributed by atoms with Crippen LogP contribution in [0.4, 0.5) is 0 Å². The molecule has 0 bridgehead atoms. The summed E-state index contributed by atoms with van der Waals surface area (Å²) in [6.07, 6.45) is 1.85. The standard InChI is InChI=1S/C14H11NS/c1-2-6-13(7-3-1)12-15-10-4-8-14-9-5-11-16-14/h1-3,5-7,9,11-12H,10H2. The van der Waals surface area contributed by atoms with Gasteiger partial charge in [-0.1, -0.05) is 48.2 Å². The summed E-state index contributed by atoms with van der Waals surface area (Å²) in [5, 5.41) is 2.03. The zero-order valence-corrected chi connectivity index (χ0v) is 9.58. The van der Waals surface area contributed by atoms with Gasteiger partial charge in [0.25, 0.3) is 0 Å². The van der Waals surface area contributed by atoms with Crippen LogP contribution in [0.2, 0.25) is 0 Å². The molecule has 0 spiro atoms. The van der Waals surface area contributed by atoms with Gasteiger partial charge < -0.3 is 0 Å². The Bertz CT molecular complexity index is 501. The quantitative estimate of drug-likeness (QED) is 0.549. The number of aliphatic imine (C=N–C) groups is 1. The van der Waals surface area contributed by atoms with E-state index in [1.807, 2.05) is 54.1 Å². The molecular weight excluding hydrogens is 214 g/mol. The molecule has 1 aromatic carbocycles. The largest absolute Gasteiger partial charge is 0.280 e. The third-order valence-corrected chi connectivity index (χ3v) is 2.73. The van der Waals surface area contributed by atoms with Crippen LogP contribution in [0.3, 0.4) is 0 Å². The Balaban J connectivity index is 1.87. The molecule has 0 saturated heterocycles. The highest BCUT2D eigenvalue weighted by Gasteiger charge is 1.83. The minimum Gasteiger partial charge on any atom is -0.280 e. The Labute approximate surface area is 99.5 Å². The zero-order chi connectivity index (χ0) is 11.1. The first-order valence-electron chi connectivity index (χ1n) is 5.02. The fourth-order valence-corrected chi connectivity index (χ4v) is 1.80. The van der Waals surface area contributed by atoms with Crippen LogP contribution >= 0.6 is 11.3 Å². The predicted molar refractivity (Wildman–Crippen MR) is 70.1 cm³/mol. The highest BCUT2D eigenvalue weighted by atomic mass is 32.1. The second kappa shape index (κ2) is 5.89. The minimum atomic E-state index is 0.548. The molecule has 0 N–H and O–H groups in total. The fourth-order valence-electron chi connectivity index (χ4n) is 1.21. The van der Waals surface area contributed by atoms with E-state index in [1.54, 1.807) is 11.3 Å². The Morgan fingerprint density at radius 1 is 1.12 bits per heavy atom. The molecule has 78 valence electrons. The Morgan fingerprint density at radius 2 is 2.00 bits per heavy atom. The number of benzene rings is 1. The topological polar surface area (TPSA) is 12.4 Å². The number of thiophene rings is 1. The average Bonchev–Trinajstić information content (AvgIpc) is 2.83. The third-order valence-electron chi connectivity index (χ3n) is 1.94. The van der Waals surface area contributed by atoms with Gasteiger partial charge in [0.15, 0.2) is 0 Å². The van der Waals surface area contributed by atoms with Crippen molar-refractivity contribution in [2.24, 2.45) is 4.99 Å². The molecule has 0 aliphatic carbocycles. The van der Waals surface area contributed by atoms with Gasteiger partial charge in [0.2, 0.25) is 0 Å². The first kappa shape index (κ1) is 10.7. The highest BCUT2D eigenvalue weighted by molar-refractivity contribution is 7.10. The summed E-state index contributed by atoms with van der Waals surface area (Å²) in [4.78, 5) is 5.34. The normalized spacial score (nSPS) is 10.0. The SMILES string of the molecule is C(#Cc1cccs1)CN=Cc1ccccc1. The van der Waals surface area contributed by atoms with Crippen molar-refractivity contribution < 1.29 is 0 Å². The van der Waals surface area contributed by atoms with E-state index in [9.17, 15) is 0 Å². The van der Waals surface area contributed by atoms with Crippen molar-refractivity contribution >= 4 is 17.6 Å². The lowest BCUT2D eigenvalue weighted by molar-refractivity contribution is 1.30. The lowest BCUT2D eigenvalue weighted by atomic mass is 10.2. The molecule has 0 aliphatic heterocycles. The van der Waals surface area contributed by atoms with E-state index in [0.717, 1.165) is 10.4 Å². The summed E-state index contributed by atoms with van der Waals surface area (Å²) >= 11 is 1.65. The van der Waals surface area contributed by atoms with Gasteiger partial charge in [-0.05, 0) is 17.0 Å². The summed E-state index contributed by atoms with van der Waals surface area (Å²) < 4.78 is 0. The van der Waals surface area contributed by atoms with Crippen molar-refractivity contribution in [3.05, 3.63) is 58.3 Å². The van der Waals surface area contributed by atoms with Crippen molar-refractivity contribution in [2.75, 3.05) is 6.54 Å². The predicted octanol–water partition coefficient (Wildman–Crippen LogP) is 3.22. The molecule has 1 heterocycles. The van der Waals surface area contributed by atoms with E-state index in [1.165, 1.54) is 0 Å². The minimum absolute atomic E-state index is 0.548. The second-order valence-corrected chi connectivity index (χ2v) is 4.11. The fraction of sp³-hybridized carbons (Fsp3) is 0.0714. The lowest BCUT2D eigenvalue weighted by Crippen LogP contribution is -1.81. The average molecular weight is 225 g/mol. The molecule has 2 aromatic rings. The van der Waals surface area contributed by atoms with Crippen LogP contribution in [-0.4, -0.2) is 12.8 Å². The molecule has 2 rings (SSSR count). The molecule has 0 aliphatic rings. The summed E-state index contributed by atoms with van der Waals surface area (Å²) in [7, 11) is 0. The van der Waals surface area contributed by atoms with Gasteiger partial charge in [-0.15, -0.1) is 11.3 Å². The number of rotatable bonds is 2. The van der Waals surface area contributed by atoms with Gasteiger partial charge in [0, 0.05) is 6.21 Å². The van der Waals surface area contributed by atoms with Crippen molar-refractivity contribution in [1.29, 1.82) is 0 Å². The Hall–Kier alpha value is -1.85. The first-order valence-corrected chi connectivity index (χ1v) is 5.90. The molecule has 1 aromatic heterocycles. The van der Waals surface area contributed by atoms with E-state index in [-0.39, 0.29) is 0 Å². The molecule has 16 heavy (non-hydrogen) atoms. The number of nitrogens with zero attached hydrogens (tertiary/aromatic N) is 1. The Morgan fingerprint density at radius 3 is 2.75 bits per heavy atom. The van der Waals surface area contributed by atoms with E-state index < -0.39 is 0 Å². The van der Waals surface area contributed by atoms with Gasteiger partial charge in [0.1, 0.15) is 6.54 Å². The van der Waals surface area contributed by atoms with E-state index in [4.69, 9.17) is 0 Å². The molecule has 0 radical (unpaired) electrons. The van der Waals surface area contributed by atoms with Gasteiger partial charge in [-0.25, -0.2) is 0 Å². The molecule has 0 amide bonds. The van der Waals surface area contributed by atoms with Crippen LogP contribution in [0.1, 0.15) is 10.4 Å². The maximum atomic E-state index is 4.25. The first-order chi connectivity index (χ1) is 7.95. The highest BCUT2D eigenvalue weighted by Crippen LogP contribution is 2.05. The second-order valence-electron chi connectivity index (χ2n) is 3.16. The summed E-state index contributed by atoms with van der Waals surface area (Å²) in [6, 6.07) is 14.1.